The van der Waals surface area contributed by atoms with Gasteiger partial charge in [0.05, 0.1) is 6.04 Å². The van der Waals surface area contributed by atoms with Gasteiger partial charge in [0, 0.05) is 39.5 Å². The highest BCUT2D eigenvalue weighted by Gasteiger charge is 2.51. The first-order valence-corrected chi connectivity index (χ1v) is 5.38. The topological polar surface area (TPSA) is 23.6 Å². The van der Waals surface area contributed by atoms with E-state index in [1.54, 1.807) is 4.90 Å². The summed E-state index contributed by atoms with van der Waals surface area (Å²) in [5.41, 5.74) is 0. The fourth-order valence-electron chi connectivity index (χ4n) is 2.29. The molecule has 15 heavy (non-hydrogen) atoms. The Balaban J connectivity index is 1.86. The largest absolute Gasteiger partial charge is 0.340 e. The molecule has 0 bridgehead atoms. The lowest BCUT2D eigenvalue weighted by molar-refractivity contribution is -0.158. The SMILES string of the molecule is CC(=O)N1CCN(C2CCC2(F)F)CC1. The predicted octanol–water partition coefficient (Wildman–Crippen LogP) is 0.948. The average molecular weight is 218 g/mol. The third kappa shape index (κ3) is 1.97. The van der Waals surface area contributed by atoms with E-state index in [0.717, 1.165) is 0 Å². The van der Waals surface area contributed by atoms with Crippen LogP contribution in [-0.4, -0.2) is 53.9 Å². The van der Waals surface area contributed by atoms with E-state index in [1.807, 2.05) is 4.90 Å². The third-order valence-corrected chi connectivity index (χ3v) is 3.44. The van der Waals surface area contributed by atoms with Crippen molar-refractivity contribution in [3.8, 4) is 0 Å². The maximum atomic E-state index is 13.1. The van der Waals surface area contributed by atoms with Gasteiger partial charge in [-0.15, -0.1) is 0 Å². The van der Waals surface area contributed by atoms with Crippen molar-refractivity contribution in [3.05, 3.63) is 0 Å². The van der Waals surface area contributed by atoms with Crippen LogP contribution in [0.25, 0.3) is 0 Å². The van der Waals surface area contributed by atoms with Crippen LogP contribution >= 0.6 is 0 Å². The van der Waals surface area contributed by atoms with Crippen molar-refractivity contribution in [2.45, 2.75) is 31.7 Å². The van der Waals surface area contributed by atoms with Crippen LogP contribution in [0.3, 0.4) is 0 Å². The molecule has 1 heterocycles. The first-order chi connectivity index (χ1) is 7.00. The zero-order valence-corrected chi connectivity index (χ0v) is 8.88. The molecule has 1 unspecified atom stereocenters. The van der Waals surface area contributed by atoms with E-state index in [4.69, 9.17) is 0 Å². The first-order valence-electron chi connectivity index (χ1n) is 5.38. The minimum atomic E-state index is -2.50. The van der Waals surface area contributed by atoms with E-state index in [0.29, 0.717) is 32.6 Å². The normalized spacial score (nSPS) is 31.1. The van der Waals surface area contributed by atoms with E-state index in [2.05, 4.69) is 0 Å². The highest BCUT2D eigenvalue weighted by Crippen LogP contribution is 2.41. The Kier molecular flexibility index (Phi) is 2.66. The van der Waals surface area contributed by atoms with Gasteiger partial charge in [0.25, 0.3) is 5.92 Å². The van der Waals surface area contributed by atoms with Gasteiger partial charge in [0.1, 0.15) is 0 Å². The summed E-state index contributed by atoms with van der Waals surface area (Å²) in [5, 5.41) is 0. The number of carbonyl (C=O) groups excluding carboxylic acids is 1. The second-order valence-electron chi connectivity index (χ2n) is 4.36. The highest BCUT2D eigenvalue weighted by molar-refractivity contribution is 5.73. The van der Waals surface area contributed by atoms with Crippen molar-refractivity contribution in [2.75, 3.05) is 26.2 Å². The van der Waals surface area contributed by atoms with Crippen molar-refractivity contribution in [3.63, 3.8) is 0 Å². The Morgan fingerprint density at radius 1 is 1.27 bits per heavy atom. The Hall–Kier alpha value is -0.710. The first kappa shape index (κ1) is 10.8. The molecule has 5 heteroatoms. The van der Waals surface area contributed by atoms with Gasteiger partial charge in [-0.3, -0.25) is 9.69 Å². The zero-order valence-electron chi connectivity index (χ0n) is 8.88. The van der Waals surface area contributed by atoms with Gasteiger partial charge in [0.2, 0.25) is 5.91 Å². The van der Waals surface area contributed by atoms with Crippen LogP contribution in [0.1, 0.15) is 19.8 Å². The zero-order chi connectivity index (χ0) is 11.1. The molecule has 1 saturated heterocycles. The summed E-state index contributed by atoms with van der Waals surface area (Å²) in [6.07, 6.45) is 0.609. The van der Waals surface area contributed by atoms with Gasteiger partial charge in [-0.1, -0.05) is 0 Å². The van der Waals surface area contributed by atoms with E-state index >= 15 is 0 Å². The van der Waals surface area contributed by atoms with E-state index in [9.17, 15) is 13.6 Å². The number of hydrogen-bond acceptors (Lipinski definition) is 2. The lowest BCUT2D eigenvalue weighted by Gasteiger charge is -2.47. The van der Waals surface area contributed by atoms with Crippen LogP contribution in [0.2, 0.25) is 0 Å². The smallest absolute Gasteiger partial charge is 0.263 e. The Labute approximate surface area is 88.0 Å². The Morgan fingerprint density at radius 3 is 2.20 bits per heavy atom. The molecule has 0 aromatic carbocycles. The number of rotatable bonds is 1. The predicted molar refractivity (Wildman–Crippen MR) is 51.8 cm³/mol. The number of halogens is 2. The van der Waals surface area contributed by atoms with Gasteiger partial charge in [0.15, 0.2) is 0 Å². The van der Waals surface area contributed by atoms with Crippen molar-refractivity contribution in [1.29, 1.82) is 0 Å². The molecule has 0 aromatic rings. The molecular weight excluding hydrogens is 202 g/mol. The molecule has 1 atom stereocenters. The molecule has 1 saturated carbocycles. The summed E-state index contributed by atoms with van der Waals surface area (Å²) in [4.78, 5) is 14.6. The van der Waals surface area contributed by atoms with Crippen molar-refractivity contribution in [2.24, 2.45) is 0 Å². The lowest BCUT2D eigenvalue weighted by Crippen LogP contribution is -2.60. The van der Waals surface area contributed by atoms with Gasteiger partial charge < -0.3 is 4.90 Å². The molecular formula is C10H16F2N2O. The number of amides is 1. The minimum absolute atomic E-state index is 0.0184. The van der Waals surface area contributed by atoms with E-state index < -0.39 is 12.0 Å². The number of hydrogen-bond donors (Lipinski definition) is 0. The van der Waals surface area contributed by atoms with Crippen molar-refractivity contribution < 1.29 is 13.6 Å². The second kappa shape index (κ2) is 3.70. The molecule has 2 fully saturated rings. The standard InChI is InChI=1S/C10H16F2N2O/c1-8(15)13-4-6-14(7-5-13)9-2-3-10(9,11)12/h9H,2-7H2,1H3. The molecule has 86 valence electrons. The summed E-state index contributed by atoms with van der Waals surface area (Å²) in [7, 11) is 0. The maximum absolute atomic E-state index is 13.1. The summed E-state index contributed by atoms with van der Waals surface area (Å²) >= 11 is 0. The number of alkyl halides is 2. The molecule has 2 rings (SSSR count). The summed E-state index contributed by atoms with van der Waals surface area (Å²) in [6, 6.07) is -0.577. The molecule has 0 spiro atoms. The number of carbonyl (C=O) groups is 1. The van der Waals surface area contributed by atoms with Crippen molar-refractivity contribution in [1.82, 2.24) is 9.80 Å². The molecule has 1 aliphatic heterocycles. The second-order valence-corrected chi connectivity index (χ2v) is 4.36. The monoisotopic (exact) mass is 218 g/mol. The lowest BCUT2D eigenvalue weighted by atomic mass is 9.86. The van der Waals surface area contributed by atoms with Crippen LogP contribution in [0.15, 0.2) is 0 Å². The maximum Gasteiger partial charge on any atom is 0.263 e. The van der Waals surface area contributed by atoms with E-state index in [1.165, 1.54) is 6.92 Å². The van der Waals surface area contributed by atoms with Crippen LogP contribution in [-0.2, 0) is 4.79 Å². The van der Waals surface area contributed by atoms with Gasteiger partial charge >= 0.3 is 0 Å². The van der Waals surface area contributed by atoms with Crippen LogP contribution in [0.5, 0.6) is 0 Å². The minimum Gasteiger partial charge on any atom is -0.340 e. The average Bonchev–Trinajstić information content (AvgIpc) is 2.17. The Bertz CT molecular complexity index is 262. The molecule has 0 radical (unpaired) electrons. The van der Waals surface area contributed by atoms with E-state index in [-0.39, 0.29) is 12.3 Å². The summed E-state index contributed by atoms with van der Waals surface area (Å²) < 4.78 is 26.2. The Morgan fingerprint density at radius 2 is 1.87 bits per heavy atom. The quantitative estimate of drug-likeness (QED) is 0.654. The molecule has 1 amide bonds. The van der Waals surface area contributed by atoms with Gasteiger partial charge in [-0.25, -0.2) is 8.78 Å². The fraction of sp³-hybridized carbons (Fsp3) is 0.900. The molecule has 1 aliphatic carbocycles. The van der Waals surface area contributed by atoms with Crippen molar-refractivity contribution >= 4 is 5.91 Å². The highest BCUT2D eigenvalue weighted by atomic mass is 19.3. The third-order valence-electron chi connectivity index (χ3n) is 3.44. The molecule has 2 aliphatic rings. The molecule has 0 N–H and O–H groups in total. The number of nitrogens with zero attached hydrogens (tertiary/aromatic N) is 2. The summed E-state index contributed by atoms with van der Waals surface area (Å²) in [6.45, 7) is 3.86. The fourth-order valence-corrected chi connectivity index (χ4v) is 2.29. The van der Waals surface area contributed by atoms with Gasteiger partial charge in [-0.2, -0.15) is 0 Å². The summed E-state index contributed by atoms with van der Waals surface area (Å²) in [5.74, 6) is -2.46. The molecule has 0 aromatic heterocycles. The number of piperazine rings is 1. The van der Waals surface area contributed by atoms with Crippen LogP contribution in [0, 0.1) is 0 Å². The molecule has 3 nitrogen and oxygen atoms in total. The van der Waals surface area contributed by atoms with Crippen LogP contribution in [0.4, 0.5) is 8.78 Å². The van der Waals surface area contributed by atoms with Gasteiger partial charge in [-0.05, 0) is 6.42 Å². The van der Waals surface area contributed by atoms with Crippen LogP contribution < -0.4 is 0 Å².